The molecule has 4 heterocycles. The van der Waals surface area contributed by atoms with Crippen molar-refractivity contribution in [2.24, 2.45) is 0 Å². The average Bonchev–Trinajstić information content (AvgIpc) is 3.25. The zero-order chi connectivity index (χ0) is 33.1. The zero-order valence-electron chi connectivity index (χ0n) is 27.0. The van der Waals surface area contributed by atoms with Crippen LogP contribution < -0.4 is 10.6 Å². The Balaban J connectivity index is 1.10. The van der Waals surface area contributed by atoms with Crippen molar-refractivity contribution in [2.75, 3.05) is 64.3 Å². The van der Waals surface area contributed by atoms with Crippen LogP contribution in [0.15, 0.2) is 36.4 Å². The number of piperazine rings is 1. The summed E-state index contributed by atoms with van der Waals surface area (Å²) in [7, 11) is 0. The van der Waals surface area contributed by atoms with E-state index in [0.717, 1.165) is 30.5 Å². The number of phenols is 1. The van der Waals surface area contributed by atoms with Gasteiger partial charge in [0.25, 0.3) is 0 Å². The molecule has 0 spiro atoms. The van der Waals surface area contributed by atoms with Crippen molar-refractivity contribution < 1.29 is 28.9 Å². The Labute approximate surface area is 280 Å². The average molecular weight is 669 g/mol. The standard InChI is InChI=1S/C34H45ClN6O6/c1-23-20-24(21-28(35)31(23)42)22-30(32(43)38-14-16-41(46,17-15-38)27-9-18-47-19-10-27)37-33(44)39-11-7-26(8-12-39)40-13-6-25-4-2-3-5-29(25)36-34(40)45/h2-5,20-21,26-27,30,42H,6-19,22H2,1H3,(H,36,45)(H,37,44)/t30-/m1/s1. The van der Waals surface area contributed by atoms with Gasteiger partial charge in [0.2, 0.25) is 5.91 Å². The summed E-state index contributed by atoms with van der Waals surface area (Å²) >= 11 is 6.27. The Bertz CT molecular complexity index is 1450. The number of urea groups is 2. The Morgan fingerprint density at radius 2 is 1.77 bits per heavy atom. The molecule has 1 atom stereocenters. The number of quaternary nitrogens is 1. The molecule has 12 nitrogen and oxygen atoms in total. The summed E-state index contributed by atoms with van der Waals surface area (Å²) < 4.78 is 5.14. The first kappa shape index (κ1) is 33.3. The van der Waals surface area contributed by atoms with Crippen molar-refractivity contribution in [1.29, 1.82) is 0 Å². The van der Waals surface area contributed by atoms with Gasteiger partial charge in [-0.25, -0.2) is 9.59 Å². The first-order valence-corrected chi connectivity index (χ1v) is 17.1. The summed E-state index contributed by atoms with van der Waals surface area (Å²) in [5.41, 5.74) is 3.24. The van der Waals surface area contributed by atoms with Crippen LogP contribution >= 0.6 is 11.6 Å². The van der Waals surface area contributed by atoms with E-state index >= 15 is 0 Å². The number of likely N-dealkylation sites (tertiary alicyclic amines) is 1. The number of rotatable bonds is 6. The largest absolute Gasteiger partial charge is 0.632 e. The van der Waals surface area contributed by atoms with E-state index in [1.807, 2.05) is 29.2 Å². The molecule has 2 aromatic carbocycles. The van der Waals surface area contributed by atoms with Crippen molar-refractivity contribution >= 4 is 35.3 Å². The number of halogens is 1. The fourth-order valence-electron chi connectivity index (χ4n) is 7.49. The van der Waals surface area contributed by atoms with Gasteiger partial charge >= 0.3 is 12.1 Å². The van der Waals surface area contributed by atoms with Crippen LogP contribution in [0.3, 0.4) is 0 Å². The molecule has 4 aliphatic rings. The maximum absolute atomic E-state index is 14.0. The molecule has 4 aliphatic heterocycles. The molecule has 0 unspecified atom stereocenters. The number of fused-ring (bicyclic) bond motifs is 1. The normalized spacial score (nSPS) is 21.4. The second-order valence-electron chi connectivity index (χ2n) is 13.3. The van der Waals surface area contributed by atoms with Gasteiger partial charge in [-0.2, -0.15) is 0 Å². The van der Waals surface area contributed by atoms with E-state index in [2.05, 4.69) is 10.6 Å². The van der Waals surface area contributed by atoms with Crippen LogP contribution in [-0.2, 0) is 22.4 Å². The lowest BCUT2D eigenvalue weighted by Gasteiger charge is -2.54. The van der Waals surface area contributed by atoms with Gasteiger partial charge in [-0.3, -0.25) is 4.79 Å². The molecule has 3 saturated heterocycles. The van der Waals surface area contributed by atoms with Crippen LogP contribution in [0, 0.1) is 12.1 Å². The minimum absolute atomic E-state index is 0.00228. The molecule has 0 aromatic heterocycles. The summed E-state index contributed by atoms with van der Waals surface area (Å²) in [6.07, 6.45) is 3.66. The van der Waals surface area contributed by atoms with Crippen LogP contribution in [0.1, 0.15) is 42.4 Å². The Hall–Kier alpha value is -3.58. The number of nitrogens with one attached hydrogen (secondary N) is 2. The SMILES string of the molecule is Cc1cc(C[C@@H](NC(=O)N2CCC(N3CCc4ccccc4NC3=O)CC2)C(=O)N2CC[N+]([O-])(C3CCOCC3)CC2)cc(Cl)c1O. The number of para-hydroxylation sites is 1. The fourth-order valence-corrected chi connectivity index (χ4v) is 7.77. The van der Waals surface area contributed by atoms with Crippen LogP contribution in [-0.4, -0.2) is 120 Å². The first-order valence-electron chi connectivity index (χ1n) is 16.7. The third-order valence-corrected chi connectivity index (χ3v) is 10.6. The second kappa shape index (κ2) is 14.3. The lowest BCUT2D eigenvalue weighted by atomic mass is 10.0. The number of hydrogen-bond acceptors (Lipinski definition) is 6. The maximum Gasteiger partial charge on any atom is 0.322 e. The summed E-state index contributed by atoms with van der Waals surface area (Å²) in [6.45, 7) is 5.67. The quantitative estimate of drug-likeness (QED) is 0.316. The summed E-state index contributed by atoms with van der Waals surface area (Å²) in [4.78, 5) is 46.0. The van der Waals surface area contributed by atoms with Crippen molar-refractivity contribution in [3.8, 4) is 5.75 Å². The van der Waals surface area contributed by atoms with Gasteiger partial charge in [0.05, 0.1) is 50.5 Å². The van der Waals surface area contributed by atoms with E-state index in [4.69, 9.17) is 16.3 Å². The molecule has 5 amide bonds. The molecule has 2 aromatic rings. The van der Waals surface area contributed by atoms with E-state index in [0.29, 0.717) is 83.0 Å². The van der Waals surface area contributed by atoms with Crippen LogP contribution in [0.2, 0.25) is 5.02 Å². The van der Waals surface area contributed by atoms with E-state index < -0.39 is 6.04 Å². The van der Waals surface area contributed by atoms with Crippen molar-refractivity contribution in [2.45, 2.75) is 63.6 Å². The van der Waals surface area contributed by atoms with E-state index in [1.165, 1.54) is 0 Å². The molecule has 0 saturated carbocycles. The van der Waals surface area contributed by atoms with Crippen molar-refractivity contribution in [1.82, 2.24) is 20.0 Å². The van der Waals surface area contributed by atoms with Crippen LogP contribution in [0.5, 0.6) is 5.75 Å². The highest BCUT2D eigenvalue weighted by atomic mass is 35.5. The number of aromatic hydroxyl groups is 1. The molecule has 13 heteroatoms. The third-order valence-electron chi connectivity index (χ3n) is 10.3. The number of hydroxylamine groups is 3. The Kier molecular flexibility index (Phi) is 10.1. The first-order chi connectivity index (χ1) is 22.6. The number of aryl methyl sites for hydroxylation is 1. The zero-order valence-corrected chi connectivity index (χ0v) is 27.7. The molecule has 3 fully saturated rings. The summed E-state index contributed by atoms with van der Waals surface area (Å²) in [5.74, 6) is -0.255. The number of anilines is 1. The van der Waals surface area contributed by atoms with Gasteiger partial charge in [0, 0.05) is 50.6 Å². The summed E-state index contributed by atoms with van der Waals surface area (Å²) in [6, 6.07) is 9.86. The molecule has 6 rings (SSSR count). The van der Waals surface area contributed by atoms with Gasteiger partial charge in [0.15, 0.2) is 0 Å². The van der Waals surface area contributed by atoms with E-state index in [-0.39, 0.29) is 51.9 Å². The Morgan fingerprint density at radius 3 is 2.47 bits per heavy atom. The monoisotopic (exact) mass is 668 g/mol. The number of piperidine rings is 1. The number of phenolic OH excluding ortho intramolecular Hbond substituents is 1. The molecular formula is C34H45ClN6O6. The predicted molar refractivity (Wildman–Crippen MR) is 178 cm³/mol. The van der Waals surface area contributed by atoms with Crippen molar-refractivity contribution in [3.05, 3.63) is 63.3 Å². The number of amides is 5. The molecule has 3 N–H and O–H groups in total. The Morgan fingerprint density at radius 1 is 1.06 bits per heavy atom. The van der Waals surface area contributed by atoms with Crippen LogP contribution in [0.25, 0.3) is 0 Å². The van der Waals surface area contributed by atoms with Gasteiger partial charge in [-0.05, 0) is 55.0 Å². The lowest BCUT2D eigenvalue weighted by molar-refractivity contribution is -0.910. The number of carbonyl (C=O) groups is 3. The number of carbonyl (C=O) groups excluding carboxylic acids is 3. The molecular weight excluding hydrogens is 624 g/mol. The minimum Gasteiger partial charge on any atom is -0.632 e. The lowest BCUT2D eigenvalue weighted by Crippen LogP contribution is -2.64. The van der Waals surface area contributed by atoms with Gasteiger partial charge in [-0.15, -0.1) is 0 Å². The maximum atomic E-state index is 14.0. The van der Waals surface area contributed by atoms with E-state index in [9.17, 15) is 24.7 Å². The van der Waals surface area contributed by atoms with Crippen LogP contribution in [0.4, 0.5) is 15.3 Å². The smallest absolute Gasteiger partial charge is 0.322 e. The molecule has 0 aliphatic carbocycles. The molecule has 0 radical (unpaired) electrons. The number of nitrogens with zero attached hydrogens (tertiary/aromatic N) is 4. The van der Waals surface area contributed by atoms with Gasteiger partial charge in [0.1, 0.15) is 11.8 Å². The second-order valence-corrected chi connectivity index (χ2v) is 13.7. The topological polar surface area (TPSA) is 138 Å². The number of ether oxygens (including phenoxy) is 1. The molecule has 0 bridgehead atoms. The minimum atomic E-state index is -0.884. The number of hydrogen-bond donors (Lipinski definition) is 3. The van der Waals surface area contributed by atoms with Gasteiger partial charge in [-0.1, -0.05) is 35.9 Å². The third kappa shape index (κ3) is 7.45. The fraction of sp³-hybridized carbons (Fsp3) is 0.559. The van der Waals surface area contributed by atoms with E-state index in [1.54, 1.807) is 28.9 Å². The highest BCUT2D eigenvalue weighted by molar-refractivity contribution is 6.32. The highest BCUT2D eigenvalue weighted by Gasteiger charge is 2.38. The van der Waals surface area contributed by atoms with Crippen molar-refractivity contribution in [3.63, 3.8) is 0 Å². The molecule has 47 heavy (non-hydrogen) atoms. The highest BCUT2D eigenvalue weighted by Crippen LogP contribution is 2.30. The predicted octanol–water partition coefficient (Wildman–Crippen LogP) is 3.87. The van der Waals surface area contributed by atoms with Gasteiger partial charge < -0.3 is 45.0 Å². The summed E-state index contributed by atoms with van der Waals surface area (Å²) in [5, 5.41) is 30.0. The number of benzene rings is 2. The molecule has 254 valence electrons.